The second-order valence-corrected chi connectivity index (χ2v) is 7.40. The lowest BCUT2D eigenvalue weighted by molar-refractivity contribution is -0.0278. The Balaban J connectivity index is 1.48. The minimum Gasteiger partial charge on any atom is -0.394 e. The molecule has 4 heterocycles. The Bertz CT molecular complexity index is 1330. The van der Waals surface area contributed by atoms with Crippen molar-refractivity contribution in [3.05, 3.63) is 77.9 Å². The minimum absolute atomic E-state index is 0.0701. The molecule has 34 heavy (non-hydrogen) atoms. The molecule has 1 aliphatic rings. The number of fused-ring (bicyclic) bond motifs is 1. The number of nitrogens with one attached hydrogen (secondary N) is 3. The van der Waals surface area contributed by atoms with Gasteiger partial charge in [-0.05, 0) is 17.7 Å². The monoisotopic (exact) mass is 465 g/mol. The maximum atomic E-state index is 14.0. The summed E-state index contributed by atoms with van der Waals surface area (Å²) in [7, 11) is 0. The zero-order chi connectivity index (χ0) is 23.7. The summed E-state index contributed by atoms with van der Waals surface area (Å²) in [5.74, 6) is -0.348. The van der Waals surface area contributed by atoms with Crippen molar-refractivity contribution in [1.82, 2.24) is 25.4 Å². The van der Waals surface area contributed by atoms with Crippen LogP contribution in [-0.2, 0) is 6.05 Å². The predicted octanol–water partition coefficient (Wildman–Crippen LogP) is 3.21. The molecule has 1 amide bonds. The topological polar surface area (TPSA) is 138 Å². The van der Waals surface area contributed by atoms with Gasteiger partial charge in [-0.15, -0.1) is 0 Å². The Hall–Kier alpha value is -4.45. The van der Waals surface area contributed by atoms with E-state index in [9.17, 15) is 18.7 Å². The van der Waals surface area contributed by atoms with Gasteiger partial charge < -0.3 is 20.3 Å². The number of rotatable bonds is 7. The Labute approximate surface area is 191 Å². The molecular weight excluding hydrogens is 448 g/mol. The van der Waals surface area contributed by atoms with Gasteiger partial charge in [0, 0.05) is 12.3 Å². The van der Waals surface area contributed by atoms with Crippen LogP contribution in [0.1, 0.15) is 27.7 Å². The number of pyridine rings is 2. The average molecular weight is 465 g/mol. The summed E-state index contributed by atoms with van der Waals surface area (Å²) < 4.78 is 33.2. The highest BCUT2D eigenvalue weighted by molar-refractivity contribution is 5.99. The van der Waals surface area contributed by atoms with E-state index in [0.29, 0.717) is 11.3 Å². The van der Waals surface area contributed by atoms with Crippen LogP contribution in [0.15, 0.2) is 65.6 Å². The first-order chi connectivity index (χ1) is 16.4. The summed E-state index contributed by atoms with van der Waals surface area (Å²) in [6.07, 6.45) is 2.71. The molecule has 0 fully saturated rings. The fraction of sp³-hybridized carbons (Fsp3) is 0.136. The number of aromatic nitrogens is 4. The number of carbonyl (C=O) groups excluding carboxylic acids is 1. The molecule has 0 radical (unpaired) electrons. The van der Waals surface area contributed by atoms with Gasteiger partial charge in [0.25, 0.3) is 11.8 Å². The molecule has 1 aliphatic heterocycles. The van der Waals surface area contributed by atoms with Crippen LogP contribution in [0.3, 0.4) is 0 Å². The molecule has 0 saturated heterocycles. The van der Waals surface area contributed by atoms with Crippen LogP contribution < -0.4 is 16.0 Å². The summed E-state index contributed by atoms with van der Waals surface area (Å²) in [4.78, 5) is 23.9. The number of aliphatic hydroxyl groups is 1. The van der Waals surface area contributed by atoms with Crippen molar-refractivity contribution in [3.63, 3.8) is 0 Å². The number of alkyl halides is 2. The predicted molar refractivity (Wildman–Crippen MR) is 116 cm³/mol. The number of benzene rings is 1. The van der Waals surface area contributed by atoms with E-state index in [1.165, 1.54) is 24.7 Å². The minimum atomic E-state index is -3.56. The highest BCUT2D eigenvalue weighted by atomic mass is 19.3. The van der Waals surface area contributed by atoms with E-state index < -0.39 is 23.7 Å². The molecule has 172 valence electrons. The number of hydrogen-bond acceptors (Lipinski definition) is 9. The van der Waals surface area contributed by atoms with Crippen molar-refractivity contribution in [1.29, 1.82) is 0 Å². The van der Waals surface area contributed by atoms with Gasteiger partial charge in [0.1, 0.15) is 17.3 Å². The maximum Gasteiger partial charge on any atom is 0.370 e. The smallest absolute Gasteiger partial charge is 0.370 e. The highest BCUT2D eigenvalue weighted by Crippen LogP contribution is 2.35. The molecule has 4 aromatic rings. The van der Waals surface area contributed by atoms with Crippen molar-refractivity contribution in [2.24, 2.45) is 0 Å². The van der Waals surface area contributed by atoms with Crippen LogP contribution in [0, 0.1) is 0 Å². The molecule has 1 atom stereocenters. The third-order valence-electron chi connectivity index (χ3n) is 5.17. The van der Waals surface area contributed by atoms with Crippen LogP contribution in [0.5, 0.6) is 0 Å². The zero-order valence-electron chi connectivity index (χ0n) is 17.4. The first-order valence-electron chi connectivity index (χ1n) is 10.1. The number of aliphatic hydroxyl groups excluding tert-OH is 1. The van der Waals surface area contributed by atoms with Gasteiger partial charge in [0.2, 0.25) is 0 Å². The molecule has 4 N–H and O–H groups in total. The van der Waals surface area contributed by atoms with Crippen molar-refractivity contribution in [2.45, 2.75) is 12.1 Å². The Kier molecular flexibility index (Phi) is 5.34. The molecule has 5 rings (SSSR count). The Morgan fingerprint density at radius 1 is 1.09 bits per heavy atom. The van der Waals surface area contributed by atoms with Crippen LogP contribution >= 0.6 is 0 Å². The number of halogens is 2. The van der Waals surface area contributed by atoms with E-state index in [0.717, 1.165) is 5.56 Å². The summed E-state index contributed by atoms with van der Waals surface area (Å²) in [6, 6.07) is 9.55. The van der Waals surface area contributed by atoms with Gasteiger partial charge in [-0.2, -0.15) is 13.8 Å². The van der Waals surface area contributed by atoms with Crippen LogP contribution in [0.2, 0.25) is 0 Å². The lowest BCUT2D eigenvalue weighted by Gasteiger charge is -2.20. The SMILES string of the molecule is O=C1NC(F)(F)c2nc(Nc3cc(N[C@H](CO)c4ccccc4)c(-c4ncno4)cn3)ccc21. The number of nitrogens with zero attached hydrogens (tertiary/aromatic N) is 4. The highest BCUT2D eigenvalue weighted by Gasteiger charge is 2.45. The molecule has 0 spiro atoms. The molecule has 0 saturated carbocycles. The summed E-state index contributed by atoms with van der Waals surface area (Å²) in [5, 5.41) is 21.3. The van der Waals surface area contributed by atoms with Crippen LogP contribution in [0.4, 0.5) is 26.1 Å². The molecule has 3 aromatic heterocycles. The van der Waals surface area contributed by atoms with Crippen LogP contribution in [0.25, 0.3) is 11.5 Å². The van der Waals surface area contributed by atoms with E-state index in [1.54, 1.807) is 11.4 Å². The zero-order valence-corrected chi connectivity index (χ0v) is 17.4. The van der Waals surface area contributed by atoms with Gasteiger partial charge in [0.15, 0.2) is 6.33 Å². The Morgan fingerprint density at radius 3 is 2.65 bits per heavy atom. The van der Waals surface area contributed by atoms with Crippen molar-refractivity contribution in [2.75, 3.05) is 17.2 Å². The largest absolute Gasteiger partial charge is 0.394 e. The first-order valence-corrected chi connectivity index (χ1v) is 10.1. The molecular formula is C22H17F2N7O3. The normalized spacial score (nSPS) is 14.9. The van der Waals surface area contributed by atoms with Gasteiger partial charge >= 0.3 is 6.05 Å². The fourth-order valence-electron chi connectivity index (χ4n) is 3.56. The lowest BCUT2D eigenvalue weighted by Crippen LogP contribution is -2.30. The second-order valence-electron chi connectivity index (χ2n) is 7.40. The molecule has 0 unspecified atom stereocenters. The number of hydrogen-bond donors (Lipinski definition) is 4. The first kappa shape index (κ1) is 21.4. The summed E-state index contributed by atoms with van der Waals surface area (Å²) >= 11 is 0. The van der Waals surface area contributed by atoms with Crippen molar-refractivity contribution in [3.8, 4) is 11.5 Å². The van der Waals surface area contributed by atoms with E-state index in [1.807, 2.05) is 30.3 Å². The lowest BCUT2D eigenvalue weighted by atomic mass is 10.1. The molecule has 10 nitrogen and oxygen atoms in total. The van der Waals surface area contributed by atoms with Gasteiger partial charge in [-0.3, -0.25) is 10.1 Å². The Morgan fingerprint density at radius 2 is 1.91 bits per heavy atom. The van der Waals surface area contributed by atoms with E-state index in [4.69, 9.17) is 4.52 Å². The van der Waals surface area contributed by atoms with E-state index >= 15 is 0 Å². The van der Waals surface area contributed by atoms with Gasteiger partial charge in [-0.1, -0.05) is 35.5 Å². The van der Waals surface area contributed by atoms with Gasteiger partial charge in [-0.25, -0.2) is 9.97 Å². The summed E-state index contributed by atoms with van der Waals surface area (Å²) in [6.45, 7) is -0.207. The molecule has 1 aromatic carbocycles. The fourth-order valence-corrected chi connectivity index (χ4v) is 3.56. The second kappa shape index (κ2) is 8.48. The average Bonchev–Trinajstić information content (AvgIpc) is 3.44. The summed E-state index contributed by atoms with van der Waals surface area (Å²) in [5.41, 5.74) is 0.958. The molecule has 0 bridgehead atoms. The standard InChI is InChI=1S/C22H17F2N7O3/c23-22(24)19-13(20(33)31-22)6-7-17(30-19)29-18-8-15(14(9-25-18)21-26-11-27-34-21)28-16(10-32)12-4-2-1-3-5-12/h1-9,11,16,32H,10H2,(H,31,33)(H2,25,28,29,30)/t16-/m1/s1. The number of anilines is 3. The molecule has 12 heteroatoms. The van der Waals surface area contributed by atoms with Crippen LogP contribution in [-0.4, -0.2) is 37.7 Å². The van der Waals surface area contributed by atoms with Crippen molar-refractivity contribution < 1.29 is 23.2 Å². The maximum absolute atomic E-state index is 14.0. The van der Waals surface area contributed by atoms with Gasteiger partial charge in [0.05, 0.1) is 29.5 Å². The number of carbonyl (C=O) groups is 1. The van der Waals surface area contributed by atoms with Crippen molar-refractivity contribution >= 4 is 23.2 Å². The van der Waals surface area contributed by atoms with E-state index in [-0.39, 0.29) is 29.7 Å². The molecule has 0 aliphatic carbocycles. The van der Waals surface area contributed by atoms with E-state index in [2.05, 4.69) is 30.7 Å². The quantitative estimate of drug-likeness (QED) is 0.303. The third kappa shape index (κ3) is 4.01. The third-order valence-corrected chi connectivity index (χ3v) is 5.17. The number of amides is 1.